The summed E-state index contributed by atoms with van der Waals surface area (Å²) < 4.78 is 130. The van der Waals surface area contributed by atoms with E-state index in [9.17, 15) is 0 Å². The SMILES string of the molecule is CCCCN(c1ccc(Cl)cc1)c1ccc(F)[c]([Ti]([c]2c(F)ccc(N(CCCC)c3ccc(Cl)cc3)c2F)[CH]2C=CC=C2)c1F.CCCCN(c1ccc(Cl)cc1)c1ccc(F)[c]([Ti]([c]2c(F)ccc(N(CCCC)c3ccc(Cl)cc3)c2F)[CH]2C=CC=C2)c1F. The fourth-order valence-corrected chi connectivity index (χ4v) is 21.1. The van der Waals surface area contributed by atoms with Crippen LogP contribution in [0.3, 0.4) is 0 Å². The normalized spacial score (nSPS) is 12.6. The van der Waals surface area contributed by atoms with Gasteiger partial charge in [-0.15, -0.1) is 0 Å². The first-order valence-electron chi connectivity index (χ1n) is 31.0. The van der Waals surface area contributed by atoms with Crippen molar-refractivity contribution in [3.05, 3.63) is 261 Å². The van der Waals surface area contributed by atoms with Crippen molar-refractivity contribution < 1.29 is 70.9 Å². The monoisotopic (exact) mass is 1400 g/mol. The second-order valence-corrected chi connectivity index (χ2v) is 31.9. The molecule has 0 aliphatic heterocycles. The fraction of sp³-hybridized carbons (Fsp3) is 0.243. The predicted molar refractivity (Wildman–Crippen MR) is 361 cm³/mol. The number of hydrogen-bond acceptors (Lipinski definition) is 4. The number of hydrogen-bond donors (Lipinski definition) is 0. The van der Waals surface area contributed by atoms with Gasteiger partial charge >= 0.3 is 572 Å². The summed E-state index contributed by atoms with van der Waals surface area (Å²) in [5.74, 6) is -6.39. The Morgan fingerprint density at radius 3 is 0.674 bits per heavy atom. The van der Waals surface area contributed by atoms with Crippen LogP contribution in [0, 0.1) is 46.5 Å². The molecule has 10 rings (SSSR count). The molecule has 8 aromatic carbocycles. The molecule has 2 aliphatic rings. The molecule has 0 unspecified atom stereocenters. The zero-order valence-corrected chi connectivity index (χ0v) is 57.6. The molecule has 0 fully saturated rings. The molecular weight excluding hydrogens is 1330 g/mol. The van der Waals surface area contributed by atoms with Gasteiger partial charge in [0.05, 0.1) is 0 Å². The molecule has 8 aromatic rings. The zero-order chi connectivity index (χ0) is 65.6. The van der Waals surface area contributed by atoms with Crippen molar-refractivity contribution in [1.82, 2.24) is 0 Å². The van der Waals surface area contributed by atoms with Gasteiger partial charge in [-0.25, -0.2) is 0 Å². The number of benzene rings is 8. The van der Waals surface area contributed by atoms with E-state index in [1.807, 2.05) is 27.7 Å². The van der Waals surface area contributed by atoms with Crippen LogP contribution < -0.4 is 35.1 Å². The molecule has 0 heterocycles. The summed E-state index contributed by atoms with van der Waals surface area (Å²) >= 11 is 17.1. The molecule has 2 aliphatic carbocycles. The summed E-state index contributed by atoms with van der Waals surface area (Å²) in [7, 11) is 0. The van der Waals surface area contributed by atoms with Gasteiger partial charge in [-0.3, -0.25) is 0 Å². The van der Waals surface area contributed by atoms with Crippen molar-refractivity contribution in [2.45, 2.75) is 87.5 Å². The second-order valence-electron chi connectivity index (χ2n) is 22.4. The summed E-state index contributed by atoms with van der Waals surface area (Å²) in [5, 5.41) is 2.13. The topological polar surface area (TPSA) is 13.0 Å². The van der Waals surface area contributed by atoms with Crippen LogP contribution in [0.4, 0.5) is 80.6 Å². The van der Waals surface area contributed by atoms with E-state index in [1.54, 1.807) is 165 Å². The average molecular weight is 1400 g/mol. The number of halogens is 12. The van der Waals surface area contributed by atoms with Gasteiger partial charge in [0.25, 0.3) is 0 Å². The summed E-state index contributed by atoms with van der Waals surface area (Å²) in [6.45, 7) is 9.97. The van der Waals surface area contributed by atoms with E-state index in [-0.39, 0.29) is 38.2 Å². The van der Waals surface area contributed by atoms with Gasteiger partial charge in [0.15, 0.2) is 0 Å². The molecule has 0 N–H and O–H groups in total. The molecule has 92 heavy (non-hydrogen) atoms. The Kier molecular flexibility index (Phi) is 25.5. The van der Waals surface area contributed by atoms with E-state index in [0.717, 1.165) is 51.4 Å². The van der Waals surface area contributed by atoms with E-state index in [1.165, 1.54) is 48.5 Å². The third-order valence-electron chi connectivity index (χ3n) is 16.2. The van der Waals surface area contributed by atoms with Crippen LogP contribution in [0.15, 0.2) is 194 Å². The van der Waals surface area contributed by atoms with Gasteiger partial charge in [-0.05, 0) is 0 Å². The van der Waals surface area contributed by atoms with E-state index in [2.05, 4.69) is 0 Å². The standard InChI is InChI=1S/4C16H15ClF2N.2C5H5.2Ti/c4*1-2-3-10-20(14-7-4-12(17)5-8-14)16-9-6-13(18)11-15(16)19;2*1-2-4-5-3-1;;/h4*4-9H,2-3,10H2,1H3;2*1-5H;;. The Morgan fingerprint density at radius 1 is 0.293 bits per heavy atom. The van der Waals surface area contributed by atoms with Crippen molar-refractivity contribution in [3.8, 4) is 0 Å². The first kappa shape index (κ1) is 70.3. The van der Waals surface area contributed by atoms with Crippen molar-refractivity contribution in [1.29, 1.82) is 0 Å². The second kappa shape index (κ2) is 33.4. The first-order chi connectivity index (χ1) is 44.5. The summed E-state index contributed by atoms with van der Waals surface area (Å²) in [6.07, 6.45) is 20.6. The summed E-state index contributed by atoms with van der Waals surface area (Å²) in [4.78, 5) is 7.13. The number of unbranched alkanes of at least 4 members (excludes halogenated alkanes) is 4. The number of rotatable bonds is 26. The summed E-state index contributed by atoms with van der Waals surface area (Å²) in [6, 6.07) is 38.5. The first-order valence-corrected chi connectivity index (χ1v) is 37.4. The van der Waals surface area contributed by atoms with Crippen molar-refractivity contribution in [2.24, 2.45) is 0 Å². The maximum absolute atomic E-state index is 17.0. The number of allylic oxidation sites excluding steroid dienone is 8. The molecule has 0 aromatic heterocycles. The molecule has 0 radical (unpaired) electrons. The maximum atomic E-state index is 17.0. The van der Waals surface area contributed by atoms with Gasteiger partial charge in [0.1, 0.15) is 0 Å². The van der Waals surface area contributed by atoms with Gasteiger partial charge in [0, 0.05) is 0 Å². The quantitative estimate of drug-likeness (QED) is 0.0396. The van der Waals surface area contributed by atoms with Crippen molar-refractivity contribution >= 4 is 107 Å². The third-order valence-corrected chi connectivity index (χ3v) is 26.7. The van der Waals surface area contributed by atoms with E-state index in [0.29, 0.717) is 69.0 Å². The van der Waals surface area contributed by atoms with Gasteiger partial charge in [0.2, 0.25) is 0 Å². The average Bonchev–Trinajstić information content (AvgIpc) is 1.04. The molecule has 4 nitrogen and oxygen atoms in total. The van der Waals surface area contributed by atoms with Crippen LogP contribution in [0.5, 0.6) is 0 Å². The molecule has 0 saturated heterocycles. The minimum absolute atomic E-state index is 0.158. The van der Waals surface area contributed by atoms with Crippen LogP contribution in [-0.4, -0.2) is 26.2 Å². The predicted octanol–water partition coefficient (Wildman–Crippen LogP) is 21.8. The molecule has 0 bridgehead atoms. The molecule has 0 saturated carbocycles. The molecule has 0 atom stereocenters. The number of nitrogens with zero attached hydrogens (tertiary/aromatic N) is 4. The summed E-state index contributed by atoms with van der Waals surface area (Å²) in [5.41, 5.74) is 3.37. The van der Waals surface area contributed by atoms with Crippen molar-refractivity contribution in [3.63, 3.8) is 0 Å². The Bertz CT molecular complexity index is 3420. The Balaban J connectivity index is 0.000000217. The van der Waals surface area contributed by atoms with Gasteiger partial charge in [-0.2, -0.15) is 0 Å². The molecule has 18 heteroatoms. The Morgan fingerprint density at radius 2 is 0.489 bits per heavy atom. The molecule has 478 valence electrons. The van der Waals surface area contributed by atoms with E-state index >= 15 is 35.1 Å². The van der Waals surface area contributed by atoms with E-state index in [4.69, 9.17) is 46.4 Å². The molecular formula is C74H70Cl4F8N4Ti2. The fourth-order valence-electron chi connectivity index (χ4n) is 11.5. The van der Waals surface area contributed by atoms with Crippen molar-refractivity contribution in [2.75, 3.05) is 45.8 Å². The van der Waals surface area contributed by atoms with Crippen LogP contribution in [0.2, 0.25) is 28.5 Å². The van der Waals surface area contributed by atoms with Gasteiger partial charge < -0.3 is 0 Å². The molecule has 0 spiro atoms. The van der Waals surface area contributed by atoms with Crippen LogP contribution in [0.1, 0.15) is 79.1 Å². The zero-order valence-electron chi connectivity index (χ0n) is 51.4. The van der Waals surface area contributed by atoms with E-state index < -0.39 is 90.7 Å². The van der Waals surface area contributed by atoms with Crippen LogP contribution in [0.25, 0.3) is 0 Å². The molecule has 0 amide bonds. The van der Waals surface area contributed by atoms with Crippen LogP contribution in [-0.2, 0) is 35.7 Å². The Hall–Kier alpha value is -6.05. The number of anilines is 8. The Labute approximate surface area is 567 Å². The third kappa shape index (κ3) is 16.4. The van der Waals surface area contributed by atoms with Gasteiger partial charge in [-0.1, -0.05) is 0 Å². The minimum atomic E-state index is -3.73. The van der Waals surface area contributed by atoms with Crippen LogP contribution >= 0.6 is 46.4 Å².